The van der Waals surface area contributed by atoms with E-state index in [2.05, 4.69) is 5.32 Å². The Hall–Kier alpha value is -2.42. The summed E-state index contributed by atoms with van der Waals surface area (Å²) in [4.78, 5) is 12.6. The largest absolute Gasteiger partial charge is 0.492 e. The van der Waals surface area contributed by atoms with Crippen molar-refractivity contribution in [3.05, 3.63) is 59.2 Å². The fourth-order valence-electron chi connectivity index (χ4n) is 3.50. The second-order valence-corrected chi connectivity index (χ2v) is 9.36. The molecule has 1 fully saturated rings. The molecule has 0 atom stereocenters. The number of rotatable bonds is 7. The third kappa shape index (κ3) is 5.19. The van der Waals surface area contributed by atoms with Crippen molar-refractivity contribution in [2.75, 3.05) is 31.6 Å². The maximum Gasteiger partial charge on any atom is 0.282 e. The standard InChI is InChI=1S/C22H29N3O4S/c1-4-29-21-9-6-5-8-20(21)23-22(26)16-25-13-7-12-24(30(25,27)28)15-19-14-17(2)10-11-18(19)3/h5-6,8-11,14H,4,7,12-13,15-16H2,1-3H3,(H,23,26). The molecule has 1 N–H and O–H groups in total. The van der Waals surface area contributed by atoms with E-state index in [1.807, 2.05) is 45.0 Å². The van der Waals surface area contributed by atoms with E-state index in [1.54, 1.807) is 18.2 Å². The second-order valence-electron chi connectivity index (χ2n) is 7.44. The van der Waals surface area contributed by atoms with Crippen molar-refractivity contribution in [3.8, 4) is 5.75 Å². The molecule has 1 aliphatic rings. The normalized spacial score (nSPS) is 16.9. The number of nitrogens with zero attached hydrogens (tertiary/aromatic N) is 2. The molecule has 0 spiro atoms. The van der Waals surface area contributed by atoms with Crippen LogP contribution in [0.5, 0.6) is 5.75 Å². The van der Waals surface area contributed by atoms with Crippen molar-refractivity contribution in [2.45, 2.75) is 33.7 Å². The molecular formula is C22H29N3O4S. The molecule has 2 aromatic carbocycles. The van der Waals surface area contributed by atoms with E-state index in [4.69, 9.17) is 4.74 Å². The summed E-state index contributed by atoms with van der Waals surface area (Å²) < 4.78 is 34.5. The zero-order valence-electron chi connectivity index (χ0n) is 17.7. The lowest BCUT2D eigenvalue weighted by molar-refractivity contribution is -0.116. The number of carbonyl (C=O) groups is 1. The number of ether oxygens (including phenoxy) is 1. The van der Waals surface area contributed by atoms with Crippen LogP contribution in [-0.2, 0) is 21.5 Å². The molecule has 0 radical (unpaired) electrons. The lowest BCUT2D eigenvalue weighted by Gasteiger charge is -2.34. The number of benzene rings is 2. The SMILES string of the molecule is CCOc1ccccc1NC(=O)CN1CCCN(Cc2cc(C)ccc2C)S1(=O)=O. The first kappa shape index (κ1) is 22.3. The minimum atomic E-state index is -3.73. The van der Waals surface area contributed by atoms with Crippen molar-refractivity contribution in [1.29, 1.82) is 0 Å². The van der Waals surface area contributed by atoms with Gasteiger partial charge in [-0.05, 0) is 50.5 Å². The Kier molecular flexibility index (Phi) is 7.12. The van der Waals surface area contributed by atoms with Gasteiger partial charge in [-0.3, -0.25) is 4.79 Å². The van der Waals surface area contributed by atoms with Crippen LogP contribution in [0.3, 0.4) is 0 Å². The van der Waals surface area contributed by atoms with Crippen LogP contribution >= 0.6 is 0 Å². The van der Waals surface area contributed by atoms with Crippen LogP contribution in [0.25, 0.3) is 0 Å². The van der Waals surface area contributed by atoms with Gasteiger partial charge in [0.15, 0.2) is 0 Å². The topological polar surface area (TPSA) is 79.0 Å². The highest BCUT2D eigenvalue weighted by molar-refractivity contribution is 7.86. The number of para-hydroxylation sites is 2. The van der Waals surface area contributed by atoms with Crippen LogP contribution in [0, 0.1) is 13.8 Å². The van der Waals surface area contributed by atoms with Crippen molar-refractivity contribution in [3.63, 3.8) is 0 Å². The van der Waals surface area contributed by atoms with Crippen LogP contribution in [-0.4, -0.2) is 49.2 Å². The fraction of sp³-hybridized carbons (Fsp3) is 0.409. The van der Waals surface area contributed by atoms with Crippen molar-refractivity contribution in [2.24, 2.45) is 0 Å². The molecule has 8 heteroatoms. The van der Waals surface area contributed by atoms with Gasteiger partial charge in [-0.1, -0.05) is 35.9 Å². The molecule has 0 bridgehead atoms. The predicted octanol–water partition coefficient (Wildman–Crippen LogP) is 3.09. The van der Waals surface area contributed by atoms with Crippen LogP contribution in [0.4, 0.5) is 5.69 Å². The zero-order valence-corrected chi connectivity index (χ0v) is 18.5. The van der Waals surface area contributed by atoms with Crippen LogP contribution in [0.1, 0.15) is 30.0 Å². The van der Waals surface area contributed by atoms with E-state index in [-0.39, 0.29) is 12.5 Å². The lowest BCUT2D eigenvalue weighted by Crippen LogP contribution is -2.51. The molecule has 1 amide bonds. The summed E-state index contributed by atoms with van der Waals surface area (Å²) in [5, 5.41) is 2.77. The minimum Gasteiger partial charge on any atom is -0.492 e. The van der Waals surface area contributed by atoms with E-state index in [1.165, 1.54) is 8.61 Å². The predicted molar refractivity (Wildman–Crippen MR) is 118 cm³/mol. The number of nitrogens with one attached hydrogen (secondary N) is 1. The summed E-state index contributed by atoms with van der Waals surface area (Å²) in [6.45, 7) is 7.15. The molecule has 1 heterocycles. The molecule has 3 rings (SSSR count). The monoisotopic (exact) mass is 431 g/mol. The molecular weight excluding hydrogens is 402 g/mol. The van der Waals surface area contributed by atoms with Gasteiger partial charge in [0.05, 0.1) is 18.8 Å². The van der Waals surface area contributed by atoms with E-state index in [9.17, 15) is 13.2 Å². The van der Waals surface area contributed by atoms with Gasteiger partial charge in [0.25, 0.3) is 10.2 Å². The van der Waals surface area contributed by atoms with E-state index in [0.717, 1.165) is 16.7 Å². The second kappa shape index (κ2) is 9.59. The van der Waals surface area contributed by atoms with Crippen LogP contribution in [0.2, 0.25) is 0 Å². The summed E-state index contributed by atoms with van der Waals surface area (Å²) >= 11 is 0. The summed E-state index contributed by atoms with van der Waals surface area (Å²) in [7, 11) is -3.73. The van der Waals surface area contributed by atoms with Crippen LogP contribution in [0.15, 0.2) is 42.5 Å². The molecule has 162 valence electrons. The van der Waals surface area contributed by atoms with E-state index >= 15 is 0 Å². The molecule has 1 aliphatic heterocycles. The number of aryl methyl sites for hydroxylation is 2. The molecule has 7 nitrogen and oxygen atoms in total. The Morgan fingerprint density at radius 1 is 1.10 bits per heavy atom. The van der Waals surface area contributed by atoms with Crippen molar-refractivity contribution in [1.82, 2.24) is 8.61 Å². The van der Waals surface area contributed by atoms with Gasteiger partial charge in [-0.15, -0.1) is 0 Å². The highest BCUT2D eigenvalue weighted by atomic mass is 32.2. The smallest absolute Gasteiger partial charge is 0.282 e. The number of anilines is 1. The van der Waals surface area contributed by atoms with Gasteiger partial charge >= 0.3 is 0 Å². The molecule has 0 aromatic heterocycles. The Labute approximate surface area is 178 Å². The first-order valence-electron chi connectivity index (χ1n) is 10.1. The maximum absolute atomic E-state index is 13.1. The zero-order chi connectivity index (χ0) is 21.7. The molecule has 30 heavy (non-hydrogen) atoms. The van der Waals surface area contributed by atoms with E-state index in [0.29, 0.717) is 44.1 Å². The van der Waals surface area contributed by atoms with Gasteiger partial charge in [-0.2, -0.15) is 17.0 Å². The summed E-state index contributed by atoms with van der Waals surface area (Å²) in [6.07, 6.45) is 0.674. The molecule has 0 aliphatic carbocycles. The number of amides is 1. The van der Waals surface area contributed by atoms with Gasteiger partial charge in [0.2, 0.25) is 5.91 Å². The number of hydrogen-bond acceptors (Lipinski definition) is 4. The number of carbonyl (C=O) groups excluding carboxylic acids is 1. The molecule has 0 saturated carbocycles. The van der Waals surface area contributed by atoms with E-state index < -0.39 is 10.2 Å². The molecule has 0 unspecified atom stereocenters. The van der Waals surface area contributed by atoms with Gasteiger partial charge < -0.3 is 10.1 Å². The summed E-state index contributed by atoms with van der Waals surface area (Å²) in [5.41, 5.74) is 3.66. The summed E-state index contributed by atoms with van der Waals surface area (Å²) in [5.74, 6) is 0.172. The Bertz CT molecular complexity index is 1010. The van der Waals surface area contributed by atoms with Gasteiger partial charge in [0, 0.05) is 19.6 Å². The average molecular weight is 432 g/mol. The minimum absolute atomic E-state index is 0.230. The van der Waals surface area contributed by atoms with Gasteiger partial charge in [-0.25, -0.2) is 0 Å². The fourth-order valence-corrected chi connectivity index (χ4v) is 5.13. The Balaban J connectivity index is 1.70. The average Bonchev–Trinajstić information content (AvgIpc) is 2.69. The molecule has 2 aromatic rings. The quantitative estimate of drug-likeness (QED) is 0.731. The molecule has 1 saturated heterocycles. The van der Waals surface area contributed by atoms with Gasteiger partial charge in [0.1, 0.15) is 5.75 Å². The highest BCUT2D eigenvalue weighted by Gasteiger charge is 2.35. The van der Waals surface area contributed by atoms with Crippen LogP contribution < -0.4 is 10.1 Å². The Morgan fingerprint density at radius 3 is 2.60 bits per heavy atom. The number of hydrogen-bond donors (Lipinski definition) is 1. The first-order chi connectivity index (χ1) is 14.3. The third-order valence-corrected chi connectivity index (χ3v) is 7.03. The Morgan fingerprint density at radius 2 is 1.83 bits per heavy atom. The third-order valence-electron chi connectivity index (χ3n) is 5.10. The lowest BCUT2D eigenvalue weighted by atomic mass is 10.1. The van der Waals surface area contributed by atoms with Crippen molar-refractivity contribution >= 4 is 21.8 Å². The maximum atomic E-state index is 13.1. The highest BCUT2D eigenvalue weighted by Crippen LogP contribution is 2.25. The van der Waals surface area contributed by atoms with Crippen molar-refractivity contribution < 1.29 is 17.9 Å². The summed E-state index contributed by atoms with van der Waals surface area (Å²) in [6, 6.07) is 13.1. The first-order valence-corrected chi connectivity index (χ1v) is 11.5.